The molecule has 1 aliphatic rings. The molecule has 0 radical (unpaired) electrons. The molecule has 2 aromatic heterocycles. The number of nitrogens with zero attached hydrogens (tertiary/aromatic N) is 3. The lowest BCUT2D eigenvalue weighted by Gasteiger charge is -2.25. The second kappa shape index (κ2) is 8.87. The number of imidazole rings is 1. The number of rotatable bonds is 7. The van der Waals surface area contributed by atoms with Crippen molar-refractivity contribution in [1.29, 1.82) is 0 Å². The fourth-order valence-electron chi connectivity index (χ4n) is 3.77. The topological polar surface area (TPSA) is 69.7 Å². The van der Waals surface area contributed by atoms with Crippen molar-refractivity contribution >= 4 is 17.7 Å². The molecule has 1 atom stereocenters. The van der Waals surface area contributed by atoms with Gasteiger partial charge in [0.25, 0.3) is 5.91 Å². The molecule has 1 unspecified atom stereocenters. The van der Waals surface area contributed by atoms with E-state index >= 15 is 0 Å². The summed E-state index contributed by atoms with van der Waals surface area (Å²) < 4.78 is 18.7. The molecular formula is C22H25N3O4S. The number of carbonyl (C=O) groups excluding carboxylic acids is 1. The van der Waals surface area contributed by atoms with Crippen molar-refractivity contribution in [2.75, 3.05) is 20.8 Å². The molecular weight excluding hydrogens is 402 g/mol. The zero-order valence-corrected chi connectivity index (χ0v) is 18.1. The first-order chi connectivity index (χ1) is 14.6. The molecule has 1 saturated heterocycles. The van der Waals surface area contributed by atoms with Gasteiger partial charge in [-0.25, -0.2) is 4.98 Å². The molecule has 3 heterocycles. The minimum Gasteiger partial charge on any atom is -0.497 e. The van der Waals surface area contributed by atoms with Crippen LogP contribution in [-0.4, -0.2) is 41.1 Å². The number of hydrogen-bond acceptors (Lipinski definition) is 6. The average molecular weight is 428 g/mol. The number of aromatic nitrogens is 2. The van der Waals surface area contributed by atoms with Gasteiger partial charge in [0, 0.05) is 37.6 Å². The predicted molar refractivity (Wildman–Crippen MR) is 114 cm³/mol. The highest BCUT2D eigenvalue weighted by molar-refractivity contribution is 7.98. The van der Waals surface area contributed by atoms with Crippen molar-refractivity contribution in [3.63, 3.8) is 0 Å². The Morgan fingerprint density at radius 1 is 1.27 bits per heavy atom. The van der Waals surface area contributed by atoms with Crippen LogP contribution in [0.4, 0.5) is 0 Å². The summed E-state index contributed by atoms with van der Waals surface area (Å²) in [5.74, 6) is 3.10. The van der Waals surface area contributed by atoms with E-state index in [9.17, 15) is 4.79 Å². The molecule has 0 N–H and O–H groups in total. The molecule has 7 nitrogen and oxygen atoms in total. The second-order valence-corrected chi connectivity index (χ2v) is 8.08. The van der Waals surface area contributed by atoms with Crippen LogP contribution < -0.4 is 9.47 Å². The van der Waals surface area contributed by atoms with Crippen LogP contribution in [0.1, 0.15) is 40.8 Å². The standard InChI is InChI=1S/C22H25N3O4S/c1-24-12-10-23-22(24)30-14-16-7-9-19(29-16)21(26)25-11-4-5-18(25)17-8-6-15(27-2)13-20(17)28-3/h6-10,12-13,18H,4-5,11,14H2,1-3H3. The van der Waals surface area contributed by atoms with Crippen LogP contribution in [0, 0.1) is 0 Å². The molecule has 30 heavy (non-hydrogen) atoms. The Bertz CT molecular complexity index is 1030. The molecule has 1 fully saturated rings. The van der Waals surface area contributed by atoms with Crippen LogP contribution in [0.15, 0.2) is 52.3 Å². The van der Waals surface area contributed by atoms with E-state index in [1.54, 1.807) is 38.2 Å². The fraction of sp³-hybridized carbons (Fsp3) is 0.364. The Hall–Kier alpha value is -2.87. The summed E-state index contributed by atoms with van der Waals surface area (Å²) in [6.07, 6.45) is 5.49. The maximum Gasteiger partial charge on any atom is 0.290 e. The van der Waals surface area contributed by atoms with Crippen LogP contribution in [0.3, 0.4) is 0 Å². The van der Waals surface area contributed by atoms with Crippen molar-refractivity contribution < 1.29 is 18.7 Å². The van der Waals surface area contributed by atoms with Crippen molar-refractivity contribution in [2.24, 2.45) is 7.05 Å². The van der Waals surface area contributed by atoms with Crippen LogP contribution in [0.25, 0.3) is 0 Å². The van der Waals surface area contributed by atoms with E-state index < -0.39 is 0 Å². The number of methoxy groups -OCH3 is 2. The molecule has 4 rings (SSSR count). The smallest absolute Gasteiger partial charge is 0.290 e. The van der Waals surface area contributed by atoms with Crippen molar-refractivity contribution in [3.05, 3.63) is 59.8 Å². The lowest BCUT2D eigenvalue weighted by molar-refractivity contribution is 0.0700. The molecule has 1 aliphatic heterocycles. The maximum absolute atomic E-state index is 13.2. The minimum absolute atomic E-state index is 0.0474. The van der Waals surface area contributed by atoms with Crippen molar-refractivity contribution in [1.82, 2.24) is 14.5 Å². The molecule has 0 bridgehead atoms. The number of thioether (sulfide) groups is 1. The number of carbonyl (C=O) groups is 1. The third-order valence-electron chi connectivity index (χ3n) is 5.31. The van der Waals surface area contributed by atoms with Gasteiger partial charge in [-0.15, -0.1) is 0 Å². The average Bonchev–Trinajstić information content (AvgIpc) is 3.52. The van der Waals surface area contributed by atoms with Gasteiger partial charge in [-0.2, -0.15) is 0 Å². The first kappa shape index (κ1) is 20.4. The maximum atomic E-state index is 13.2. The van der Waals surface area contributed by atoms with Gasteiger partial charge in [0.15, 0.2) is 10.9 Å². The summed E-state index contributed by atoms with van der Waals surface area (Å²) >= 11 is 1.57. The predicted octanol–water partition coefficient (Wildman–Crippen LogP) is 4.30. The SMILES string of the molecule is COc1ccc(C2CCCN2C(=O)c2ccc(CSc3nccn3C)o2)c(OC)c1. The number of likely N-dealkylation sites (tertiary alicyclic amines) is 1. The lowest BCUT2D eigenvalue weighted by Crippen LogP contribution is -2.30. The number of aryl methyl sites for hydroxylation is 1. The molecule has 3 aromatic rings. The van der Waals surface area contributed by atoms with Gasteiger partial charge < -0.3 is 23.4 Å². The Balaban J connectivity index is 1.49. The highest BCUT2D eigenvalue weighted by Crippen LogP contribution is 2.39. The number of ether oxygens (including phenoxy) is 2. The number of amides is 1. The van der Waals surface area contributed by atoms with Crippen molar-refractivity contribution in [2.45, 2.75) is 29.8 Å². The first-order valence-electron chi connectivity index (χ1n) is 9.82. The number of hydrogen-bond donors (Lipinski definition) is 0. The molecule has 158 valence electrons. The zero-order valence-electron chi connectivity index (χ0n) is 17.3. The van der Waals surface area contributed by atoms with Gasteiger partial charge in [-0.3, -0.25) is 4.79 Å². The van der Waals surface area contributed by atoms with Crippen LogP contribution >= 0.6 is 11.8 Å². The Morgan fingerprint density at radius 3 is 2.87 bits per heavy atom. The molecule has 0 saturated carbocycles. The second-order valence-electron chi connectivity index (χ2n) is 7.14. The molecule has 8 heteroatoms. The van der Waals surface area contributed by atoms with E-state index in [-0.39, 0.29) is 11.9 Å². The van der Waals surface area contributed by atoms with E-state index in [1.807, 2.05) is 47.0 Å². The molecule has 1 aromatic carbocycles. The van der Waals surface area contributed by atoms with E-state index in [0.717, 1.165) is 40.8 Å². The zero-order chi connectivity index (χ0) is 21.1. The van der Waals surface area contributed by atoms with Crippen LogP contribution in [-0.2, 0) is 12.8 Å². The van der Waals surface area contributed by atoms with E-state index in [4.69, 9.17) is 13.9 Å². The largest absolute Gasteiger partial charge is 0.497 e. The third kappa shape index (κ3) is 4.05. The quantitative estimate of drug-likeness (QED) is 0.524. The highest BCUT2D eigenvalue weighted by Gasteiger charge is 2.33. The third-order valence-corrected chi connectivity index (χ3v) is 6.39. The van der Waals surface area contributed by atoms with E-state index in [0.29, 0.717) is 18.1 Å². The first-order valence-corrected chi connectivity index (χ1v) is 10.8. The van der Waals surface area contributed by atoms with Gasteiger partial charge in [0.2, 0.25) is 0 Å². The minimum atomic E-state index is -0.0939. The summed E-state index contributed by atoms with van der Waals surface area (Å²) in [6.45, 7) is 0.691. The van der Waals surface area contributed by atoms with E-state index in [2.05, 4.69) is 4.98 Å². The number of furan rings is 1. The summed E-state index contributed by atoms with van der Waals surface area (Å²) in [4.78, 5) is 19.4. The van der Waals surface area contributed by atoms with Crippen LogP contribution in [0.2, 0.25) is 0 Å². The monoisotopic (exact) mass is 427 g/mol. The van der Waals surface area contributed by atoms with Gasteiger partial charge in [0.05, 0.1) is 26.0 Å². The Kier molecular flexibility index (Phi) is 6.03. The summed E-state index contributed by atoms with van der Waals surface area (Å²) in [5, 5.41) is 0.908. The fourth-order valence-corrected chi connectivity index (χ4v) is 4.59. The summed E-state index contributed by atoms with van der Waals surface area (Å²) in [6, 6.07) is 9.31. The summed E-state index contributed by atoms with van der Waals surface area (Å²) in [7, 11) is 5.21. The normalized spacial score (nSPS) is 16.1. The molecule has 0 spiro atoms. The summed E-state index contributed by atoms with van der Waals surface area (Å²) in [5.41, 5.74) is 0.987. The van der Waals surface area contributed by atoms with Crippen LogP contribution in [0.5, 0.6) is 11.5 Å². The highest BCUT2D eigenvalue weighted by atomic mass is 32.2. The molecule has 1 amide bonds. The van der Waals surface area contributed by atoms with Gasteiger partial charge >= 0.3 is 0 Å². The molecule has 0 aliphatic carbocycles. The van der Waals surface area contributed by atoms with Crippen molar-refractivity contribution in [3.8, 4) is 11.5 Å². The Morgan fingerprint density at radius 2 is 2.13 bits per heavy atom. The number of benzene rings is 1. The van der Waals surface area contributed by atoms with E-state index in [1.165, 1.54) is 0 Å². The Labute approximate surface area is 180 Å². The van der Waals surface area contributed by atoms with Gasteiger partial charge in [-0.1, -0.05) is 11.8 Å². The van der Waals surface area contributed by atoms with Gasteiger partial charge in [0.1, 0.15) is 17.3 Å². The lowest BCUT2D eigenvalue weighted by atomic mass is 10.0. The van der Waals surface area contributed by atoms with Gasteiger partial charge in [-0.05, 0) is 37.1 Å².